The van der Waals surface area contributed by atoms with Crippen LogP contribution in [0.5, 0.6) is 0 Å². The van der Waals surface area contributed by atoms with Gasteiger partial charge in [-0.25, -0.2) is 4.98 Å². The maximum Gasteiger partial charge on any atom is 0.203 e. The van der Waals surface area contributed by atoms with Gasteiger partial charge in [-0.3, -0.25) is 0 Å². The molecule has 0 aliphatic heterocycles. The lowest BCUT2D eigenvalue weighted by Crippen LogP contribution is -2.23. The SMILES string of the molecule is COCC(C)Nc1nccn1CCc1nncn1C. The van der Waals surface area contributed by atoms with Crippen molar-refractivity contribution in [1.82, 2.24) is 24.3 Å². The van der Waals surface area contributed by atoms with E-state index < -0.39 is 0 Å². The van der Waals surface area contributed by atoms with Crippen LogP contribution in [0.1, 0.15) is 12.7 Å². The fourth-order valence-electron chi connectivity index (χ4n) is 1.90. The van der Waals surface area contributed by atoms with Crippen molar-refractivity contribution in [2.24, 2.45) is 7.05 Å². The molecule has 1 unspecified atom stereocenters. The summed E-state index contributed by atoms with van der Waals surface area (Å²) in [7, 11) is 3.64. The molecule has 0 saturated carbocycles. The van der Waals surface area contributed by atoms with Crippen molar-refractivity contribution in [3.63, 3.8) is 0 Å². The van der Waals surface area contributed by atoms with Crippen molar-refractivity contribution in [1.29, 1.82) is 0 Å². The van der Waals surface area contributed by atoms with Crippen LogP contribution in [0.2, 0.25) is 0 Å². The van der Waals surface area contributed by atoms with Crippen molar-refractivity contribution in [2.75, 3.05) is 19.0 Å². The largest absolute Gasteiger partial charge is 0.383 e. The quantitative estimate of drug-likeness (QED) is 0.797. The highest BCUT2D eigenvalue weighted by Gasteiger charge is 2.08. The van der Waals surface area contributed by atoms with Crippen LogP contribution >= 0.6 is 0 Å². The topological polar surface area (TPSA) is 69.8 Å². The zero-order chi connectivity index (χ0) is 13.7. The van der Waals surface area contributed by atoms with Gasteiger partial charge in [0.25, 0.3) is 0 Å². The Balaban J connectivity index is 1.94. The molecule has 104 valence electrons. The van der Waals surface area contributed by atoms with E-state index in [0.717, 1.165) is 24.7 Å². The average molecular weight is 264 g/mol. The normalized spacial score (nSPS) is 12.6. The van der Waals surface area contributed by atoms with Crippen molar-refractivity contribution in [3.8, 4) is 0 Å². The summed E-state index contributed by atoms with van der Waals surface area (Å²) in [5.74, 6) is 1.82. The maximum absolute atomic E-state index is 5.11. The molecule has 7 heteroatoms. The molecule has 0 aliphatic carbocycles. The Hall–Kier alpha value is -1.89. The minimum Gasteiger partial charge on any atom is -0.383 e. The van der Waals surface area contributed by atoms with Crippen LogP contribution in [-0.4, -0.2) is 44.1 Å². The summed E-state index contributed by atoms with van der Waals surface area (Å²) in [6, 6.07) is 0.223. The van der Waals surface area contributed by atoms with Gasteiger partial charge < -0.3 is 19.2 Å². The number of nitrogens with one attached hydrogen (secondary N) is 1. The summed E-state index contributed by atoms with van der Waals surface area (Å²) in [6.07, 6.45) is 6.28. The molecular formula is C12H20N6O. The first-order valence-corrected chi connectivity index (χ1v) is 6.30. The molecule has 2 rings (SSSR count). The van der Waals surface area contributed by atoms with E-state index in [2.05, 4.69) is 32.0 Å². The van der Waals surface area contributed by atoms with E-state index in [1.165, 1.54) is 0 Å². The van der Waals surface area contributed by atoms with E-state index in [1.807, 2.05) is 17.8 Å². The van der Waals surface area contributed by atoms with Gasteiger partial charge in [0.05, 0.1) is 6.61 Å². The van der Waals surface area contributed by atoms with E-state index in [1.54, 1.807) is 19.6 Å². The molecule has 0 bridgehead atoms. The molecule has 7 nitrogen and oxygen atoms in total. The monoisotopic (exact) mass is 264 g/mol. The summed E-state index contributed by atoms with van der Waals surface area (Å²) in [5.41, 5.74) is 0. The Labute approximate surface area is 112 Å². The number of aryl methyl sites for hydroxylation is 3. The van der Waals surface area contributed by atoms with Gasteiger partial charge in [-0.15, -0.1) is 10.2 Å². The highest BCUT2D eigenvalue weighted by molar-refractivity contribution is 5.27. The molecule has 0 radical (unpaired) electrons. The molecule has 0 aliphatic rings. The molecule has 1 N–H and O–H groups in total. The third-order valence-electron chi connectivity index (χ3n) is 2.89. The molecule has 1 atom stereocenters. The Morgan fingerprint density at radius 3 is 3.00 bits per heavy atom. The zero-order valence-corrected chi connectivity index (χ0v) is 11.6. The van der Waals surface area contributed by atoms with Gasteiger partial charge in [0.15, 0.2) is 0 Å². The number of anilines is 1. The van der Waals surface area contributed by atoms with Crippen molar-refractivity contribution in [3.05, 3.63) is 24.5 Å². The highest BCUT2D eigenvalue weighted by Crippen LogP contribution is 2.08. The van der Waals surface area contributed by atoms with Crippen molar-refractivity contribution in [2.45, 2.75) is 25.9 Å². The van der Waals surface area contributed by atoms with Gasteiger partial charge in [0.1, 0.15) is 12.2 Å². The molecule has 0 fully saturated rings. The van der Waals surface area contributed by atoms with Crippen LogP contribution in [0, 0.1) is 0 Å². The average Bonchev–Trinajstić information content (AvgIpc) is 2.96. The van der Waals surface area contributed by atoms with Gasteiger partial charge in [-0.05, 0) is 6.92 Å². The first kappa shape index (κ1) is 13.5. The predicted octanol–water partition coefficient (Wildman–Crippen LogP) is 0.701. The standard InChI is InChI=1S/C12H20N6O/c1-10(8-19-3)15-12-13-5-7-18(12)6-4-11-16-14-9-17(11)2/h5,7,9-10H,4,6,8H2,1-3H3,(H,13,15). The lowest BCUT2D eigenvalue weighted by molar-refractivity contribution is 0.190. The number of rotatable bonds is 7. The van der Waals surface area contributed by atoms with Crippen LogP contribution in [0.3, 0.4) is 0 Å². The minimum atomic E-state index is 0.223. The van der Waals surface area contributed by atoms with Gasteiger partial charge >= 0.3 is 0 Å². The predicted molar refractivity (Wildman–Crippen MR) is 71.9 cm³/mol. The Morgan fingerprint density at radius 2 is 2.32 bits per heavy atom. The number of ether oxygens (including phenoxy) is 1. The van der Waals surface area contributed by atoms with Gasteiger partial charge in [0.2, 0.25) is 5.95 Å². The first-order chi connectivity index (χ1) is 9.20. The van der Waals surface area contributed by atoms with Gasteiger partial charge in [0, 0.05) is 45.6 Å². The molecule has 2 aromatic heterocycles. The molecular weight excluding hydrogens is 244 g/mol. The lowest BCUT2D eigenvalue weighted by Gasteiger charge is -2.15. The summed E-state index contributed by atoms with van der Waals surface area (Å²) in [4.78, 5) is 4.31. The third kappa shape index (κ3) is 3.54. The Morgan fingerprint density at radius 1 is 1.47 bits per heavy atom. The second-order valence-corrected chi connectivity index (χ2v) is 4.55. The Kier molecular flexibility index (Phi) is 4.51. The molecule has 0 spiro atoms. The zero-order valence-electron chi connectivity index (χ0n) is 11.6. The molecule has 2 heterocycles. The van der Waals surface area contributed by atoms with E-state index >= 15 is 0 Å². The number of aromatic nitrogens is 5. The van der Waals surface area contributed by atoms with Crippen LogP contribution in [0.15, 0.2) is 18.7 Å². The van der Waals surface area contributed by atoms with Crippen LogP contribution in [-0.2, 0) is 24.8 Å². The van der Waals surface area contributed by atoms with E-state index in [4.69, 9.17) is 4.74 Å². The fourth-order valence-corrected chi connectivity index (χ4v) is 1.90. The van der Waals surface area contributed by atoms with E-state index in [-0.39, 0.29) is 6.04 Å². The fraction of sp³-hybridized carbons (Fsp3) is 0.583. The second-order valence-electron chi connectivity index (χ2n) is 4.55. The smallest absolute Gasteiger partial charge is 0.203 e. The number of imidazole rings is 1. The minimum absolute atomic E-state index is 0.223. The molecule has 0 saturated heterocycles. The van der Waals surface area contributed by atoms with E-state index in [9.17, 15) is 0 Å². The highest BCUT2D eigenvalue weighted by atomic mass is 16.5. The first-order valence-electron chi connectivity index (χ1n) is 6.30. The molecule has 19 heavy (non-hydrogen) atoms. The van der Waals surface area contributed by atoms with Gasteiger partial charge in [-0.1, -0.05) is 0 Å². The Bertz CT molecular complexity index is 506. The van der Waals surface area contributed by atoms with E-state index in [0.29, 0.717) is 6.61 Å². The molecule has 2 aromatic rings. The van der Waals surface area contributed by atoms with Crippen LogP contribution in [0.25, 0.3) is 0 Å². The molecule has 0 amide bonds. The summed E-state index contributed by atoms with van der Waals surface area (Å²) in [5, 5.41) is 11.3. The number of methoxy groups -OCH3 is 1. The van der Waals surface area contributed by atoms with Crippen molar-refractivity contribution < 1.29 is 4.74 Å². The van der Waals surface area contributed by atoms with Crippen LogP contribution in [0.4, 0.5) is 5.95 Å². The van der Waals surface area contributed by atoms with Crippen molar-refractivity contribution >= 4 is 5.95 Å². The summed E-state index contributed by atoms with van der Waals surface area (Å²) >= 11 is 0. The summed E-state index contributed by atoms with van der Waals surface area (Å²) in [6.45, 7) is 3.52. The lowest BCUT2D eigenvalue weighted by atomic mass is 10.3. The number of hydrogen-bond acceptors (Lipinski definition) is 5. The number of hydrogen-bond donors (Lipinski definition) is 1. The second kappa shape index (κ2) is 6.33. The molecule has 0 aromatic carbocycles. The van der Waals surface area contributed by atoms with Crippen LogP contribution < -0.4 is 5.32 Å². The third-order valence-corrected chi connectivity index (χ3v) is 2.89. The maximum atomic E-state index is 5.11. The number of nitrogens with zero attached hydrogens (tertiary/aromatic N) is 5. The van der Waals surface area contributed by atoms with Gasteiger partial charge in [-0.2, -0.15) is 0 Å². The summed E-state index contributed by atoms with van der Waals surface area (Å²) < 4.78 is 9.10.